The summed E-state index contributed by atoms with van der Waals surface area (Å²) in [6.07, 6.45) is -4.20. The predicted molar refractivity (Wildman–Crippen MR) is 65.3 cm³/mol. The zero-order valence-electron chi connectivity index (χ0n) is 9.67. The van der Waals surface area contributed by atoms with Gasteiger partial charge < -0.3 is 5.73 Å². The van der Waals surface area contributed by atoms with Gasteiger partial charge in [-0.15, -0.1) is 11.3 Å². The van der Waals surface area contributed by atoms with Gasteiger partial charge >= 0.3 is 6.18 Å². The lowest BCUT2D eigenvalue weighted by Gasteiger charge is -2.09. The number of hydrogen-bond acceptors (Lipinski definition) is 3. The summed E-state index contributed by atoms with van der Waals surface area (Å²) in [5, 5.41) is 1.90. The molecule has 0 saturated heterocycles. The molecule has 1 aromatic heterocycles. The van der Waals surface area contributed by atoms with E-state index in [0.29, 0.717) is 24.7 Å². The van der Waals surface area contributed by atoms with Crippen molar-refractivity contribution < 1.29 is 17.6 Å². The largest absolute Gasteiger partial charge is 0.419 e. The Morgan fingerprint density at radius 2 is 2.00 bits per heavy atom. The molecule has 2 nitrogen and oxygen atoms in total. The summed E-state index contributed by atoms with van der Waals surface area (Å²) in [6.45, 7) is 0.383. The van der Waals surface area contributed by atoms with Crippen LogP contribution in [0.4, 0.5) is 17.6 Å². The van der Waals surface area contributed by atoms with Gasteiger partial charge in [-0.1, -0.05) is 6.07 Å². The molecule has 0 aliphatic rings. The van der Waals surface area contributed by atoms with Gasteiger partial charge in [0, 0.05) is 17.4 Å². The van der Waals surface area contributed by atoms with E-state index in [0.717, 1.165) is 11.3 Å². The van der Waals surface area contributed by atoms with E-state index < -0.39 is 17.6 Å². The number of hydrogen-bond donors (Lipinski definition) is 1. The number of rotatable bonds is 3. The topological polar surface area (TPSA) is 38.9 Å². The molecule has 0 spiro atoms. The summed E-state index contributed by atoms with van der Waals surface area (Å²) in [5.74, 6) is -1.29. The molecule has 0 fully saturated rings. The van der Waals surface area contributed by atoms with Crippen LogP contribution in [0.2, 0.25) is 0 Å². The second-order valence-electron chi connectivity index (χ2n) is 3.85. The normalized spacial score (nSPS) is 11.8. The quantitative estimate of drug-likeness (QED) is 0.879. The number of alkyl halides is 3. The third-order valence-corrected chi connectivity index (χ3v) is 3.41. The summed E-state index contributed by atoms with van der Waals surface area (Å²) in [5.41, 5.74) is 4.60. The van der Waals surface area contributed by atoms with Gasteiger partial charge in [-0.2, -0.15) is 13.2 Å². The molecule has 1 aromatic carbocycles. The maximum Gasteiger partial charge on any atom is 0.419 e. The SMILES string of the molecule is NCCc1csc(-c2cccc(C(F)(F)F)c2F)n1. The summed E-state index contributed by atoms with van der Waals surface area (Å²) in [6, 6.07) is 3.17. The highest BCUT2D eigenvalue weighted by Crippen LogP contribution is 2.36. The Bertz CT molecular complexity index is 577. The Labute approximate surface area is 110 Å². The lowest BCUT2D eigenvalue weighted by molar-refractivity contribution is -0.139. The molecule has 0 aliphatic heterocycles. The molecule has 2 rings (SSSR count). The zero-order valence-corrected chi connectivity index (χ0v) is 10.5. The van der Waals surface area contributed by atoms with Gasteiger partial charge in [0.1, 0.15) is 10.8 Å². The molecule has 0 saturated carbocycles. The van der Waals surface area contributed by atoms with E-state index >= 15 is 0 Å². The van der Waals surface area contributed by atoms with Crippen LogP contribution in [0, 0.1) is 5.82 Å². The van der Waals surface area contributed by atoms with Crippen molar-refractivity contribution in [1.82, 2.24) is 4.98 Å². The average Bonchev–Trinajstić information content (AvgIpc) is 2.76. The number of halogens is 4. The average molecular weight is 290 g/mol. The second-order valence-corrected chi connectivity index (χ2v) is 4.71. The maximum atomic E-state index is 13.9. The molecule has 2 N–H and O–H groups in total. The summed E-state index contributed by atoms with van der Waals surface area (Å²) in [4.78, 5) is 4.09. The third kappa shape index (κ3) is 2.93. The van der Waals surface area contributed by atoms with Gasteiger partial charge in [-0.3, -0.25) is 0 Å². The fourth-order valence-corrected chi connectivity index (χ4v) is 2.48. The van der Waals surface area contributed by atoms with Crippen molar-refractivity contribution in [2.75, 3.05) is 6.54 Å². The standard InChI is InChI=1S/C12H10F4N2S/c13-10-8(2-1-3-9(10)12(14,15)16)11-18-7(4-5-17)6-19-11/h1-3,6H,4-5,17H2. The van der Waals surface area contributed by atoms with E-state index in [2.05, 4.69) is 4.98 Å². The van der Waals surface area contributed by atoms with Crippen LogP contribution in [0.1, 0.15) is 11.3 Å². The minimum absolute atomic E-state index is 0.136. The van der Waals surface area contributed by atoms with Crippen molar-refractivity contribution in [3.63, 3.8) is 0 Å². The number of aromatic nitrogens is 1. The molecular weight excluding hydrogens is 280 g/mol. The number of thiazole rings is 1. The van der Waals surface area contributed by atoms with Gasteiger partial charge in [-0.05, 0) is 18.7 Å². The van der Waals surface area contributed by atoms with Crippen LogP contribution in [-0.2, 0) is 12.6 Å². The van der Waals surface area contributed by atoms with Crippen LogP contribution in [0.5, 0.6) is 0 Å². The van der Waals surface area contributed by atoms with Gasteiger partial charge in [0.15, 0.2) is 0 Å². The first-order valence-electron chi connectivity index (χ1n) is 5.44. The van der Waals surface area contributed by atoms with Crippen LogP contribution in [0.3, 0.4) is 0 Å². The summed E-state index contributed by atoms with van der Waals surface area (Å²) < 4.78 is 51.7. The van der Waals surface area contributed by atoms with Crippen molar-refractivity contribution >= 4 is 11.3 Å². The minimum atomic E-state index is -4.71. The van der Waals surface area contributed by atoms with Crippen LogP contribution in [0.25, 0.3) is 10.6 Å². The highest BCUT2D eigenvalue weighted by molar-refractivity contribution is 7.13. The number of nitrogens with zero attached hydrogens (tertiary/aromatic N) is 1. The van der Waals surface area contributed by atoms with E-state index in [4.69, 9.17) is 5.73 Å². The fourth-order valence-electron chi connectivity index (χ4n) is 1.61. The predicted octanol–water partition coefficient (Wildman–Crippen LogP) is 3.47. The number of nitrogens with two attached hydrogens (primary N) is 1. The van der Waals surface area contributed by atoms with Crippen molar-refractivity contribution in [3.05, 3.63) is 40.7 Å². The van der Waals surface area contributed by atoms with Crippen LogP contribution >= 0.6 is 11.3 Å². The van der Waals surface area contributed by atoms with Crippen molar-refractivity contribution in [2.24, 2.45) is 5.73 Å². The lowest BCUT2D eigenvalue weighted by atomic mass is 10.1. The first kappa shape index (κ1) is 14.0. The van der Waals surface area contributed by atoms with Crippen LogP contribution in [0.15, 0.2) is 23.6 Å². The molecule has 0 radical (unpaired) electrons. The Kier molecular flexibility index (Phi) is 3.86. The third-order valence-electron chi connectivity index (χ3n) is 2.49. The molecular formula is C12H10F4N2S. The first-order chi connectivity index (χ1) is 8.93. The zero-order chi connectivity index (χ0) is 14.0. The fraction of sp³-hybridized carbons (Fsp3) is 0.250. The van der Waals surface area contributed by atoms with E-state index in [-0.39, 0.29) is 10.6 Å². The highest BCUT2D eigenvalue weighted by Gasteiger charge is 2.35. The molecule has 2 aromatic rings. The van der Waals surface area contributed by atoms with E-state index in [1.807, 2.05) is 0 Å². The van der Waals surface area contributed by atoms with Crippen LogP contribution in [-0.4, -0.2) is 11.5 Å². The number of benzene rings is 1. The van der Waals surface area contributed by atoms with E-state index in [1.165, 1.54) is 12.1 Å². The van der Waals surface area contributed by atoms with Gasteiger partial charge in [-0.25, -0.2) is 9.37 Å². The van der Waals surface area contributed by atoms with Crippen molar-refractivity contribution in [3.8, 4) is 10.6 Å². The van der Waals surface area contributed by atoms with Crippen molar-refractivity contribution in [2.45, 2.75) is 12.6 Å². The van der Waals surface area contributed by atoms with Crippen molar-refractivity contribution in [1.29, 1.82) is 0 Å². The minimum Gasteiger partial charge on any atom is -0.330 e. The Morgan fingerprint density at radius 3 is 2.63 bits per heavy atom. The monoisotopic (exact) mass is 290 g/mol. The molecule has 0 amide bonds. The molecule has 7 heteroatoms. The Balaban J connectivity index is 2.45. The van der Waals surface area contributed by atoms with Gasteiger partial charge in [0.2, 0.25) is 0 Å². The lowest BCUT2D eigenvalue weighted by Crippen LogP contribution is -2.08. The Morgan fingerprint density at radius 1 is 1.26 bits per heavy atom. The summed E-state index contributed by atoms with van der Waals surface area (Å²) >= 11 is 1.10. The summed E-state index contributed by atoms with van der Waals surface area (Å²) in [7, 11) is 0. The first-order valence-corrected chi connectivity index (χ1v) is 6.32. The van der Waals surface area contributed by atoms with Gasteiger partial charge in [0.05, 0.1) is 11.3 Å². The molecule has 102 valence electrons. The molecule has 1 heterocycles. The highest BCUT2D eigenvalue weighted by atomic mass is 32.1. The maximum absolute atomic E-state index is 13.9. The van der Waals surface area contributed by atoms with E-state index in [1.54, 1.807) is 5.38 Å². The molecule has 0 bridgehead atoms. The van der Waals surface area contributed by atoms with E-state index in [9.17, 15) is 17.6 Å². The molecule has 19 heavy (non-hydrogen) atoms. The van der Waals surface area contributed by atoms with Crippen LogP contribution < -0.4 is 5.73 Å². The Hall–Kier alpha value is -1.47. The van der Waals surface area contributed by atoms with Gasteiger partial charge in [0.25, 0.3) is 0 Å². The molecule has 0 aliphatic carbocycles. The smallest absolute Gasteiger partial charge is 0.330 e. The second kappa shape index (κ2) is 5.26. The molecule has 0 unspecified atom stereocenters. The molecule has 0 atom stereocenters.